The predicted octanol–water partition coefficient (Wildman–Crippen LogP) is 1.29. The highest BCUT2D eigenvalue weighted by Gasteiger charge is 2.12. The van der Waals surface area contributed by atoms with Crippen LogP contribution in [0.15, 0.2) is 0 Å². The van der Waals surface area contributed by atoms with E-state index in [1.54, 1.807) is 0 Å². The van der Waals surface area contributed by atoms with E-state index in [1.807, 2.05) is 6.92 Å². The topological polar surface area (TPSA) is 41.1 Å². The molecule has 1 amide bonds. The van der Waals surface area contributed by atoms with Crippen LogP contribution in [0.1, 0.15) is 39.0 Å². The van der Waals surface area contributed by atoms with Crippen LogP contribution in [0.25, 0.3) is 0 Å². The zero-order valence-electron chi connectivity index (χ0n) is 9.14. The van der Waals surface area contributed by atoms with Crippen molar-refractivity contribution in [1.29, 1.82) is 0 Å². The van der Waals surface area contributed by atoms with Gasteiger partial charge in [-0.25, -0.2) is 0 Å². The third-order valence-electron chi connectivity index (χ3n) is 2.82. The van der Waals surface area contributed by atoms with Crippen molar-refractivity contribution < 1.29 is 4.79 Å². The molecular formula is C11H22N2O. The smallest absolute Gasteiger partial charge is 0.233 e. The van der Waals surface area contributed by atoms with Gasteiger partial charge in [-0.05, 0) is 32.2 Å². The van der Waals surface area contributed by atoms with Crippen molar-refractivity contribution in [2.45, 2.75) is 39.0 Å². The van der Waals surface area contributed by atoms with Crippen LogP contribution in [-0.2, 0) is 4.79 Å². The summed E-state index contributed by atoms with van der Waals surface area (Å²) in [7, 11) is 0. The highest BCUT2D eigenvalue weighted by molar-refractivity contribution is 5.77. The maximum atomic E-state index is 11.1. The van der Waals surface area contributed by atoms with Gasteiger partial charge in [-0.15, -0.1) is 0 Å². The molecule has 3 nitrogen and oxygen atoms in total. The Bertz CT molecular complexity index is 165. The number of likely N-dealkylation sites (N-methyl/N-ethyl adjacent to an activating group) is 1. The second kappa shape index (κ2) is 6.82. The zero-order valence-corrected chi connectivity index (χ0v) is 9.14. The maximum absolute atomic E-state index is 11.1. The van der Waals surface area contributed by atoms with Gasteiger partial charge in [0, 0.05) is 6.54 Å². The van der Waals surface area contributed by atoms with E-state index in [1.165, 1.54) is 32.1 Å². The van der Waals surface area contributed by atoms with E-state index in [9.17, 15) is 4.79 Å². The van der Waals surface area contributed by atoms with Gasteiger partial charge in [-0.3, -0.25) is 4.79 Å². The number of nitrogens with one attached hydrogen (secondary N) is 2. The van der Waals surface area contributed by atoms with Crippen LogP contribution in [0.4, 0.5) is 0 Å². The fourth-order valence-corrected chi connectivity index (χ4v) is 2.04. The van der Waals surface area contributed by atoms with Gasteiger partial charge in [0.25, 0.3) is 0 Å². The highest BCUT2D eigenvalue weighted by atomic mass is 16.1. The molecule has 0 heterocycles. The molecule has 0 spiro atoms. The number of amides is 1. The van der Waals surface area contributed by atoms with Crippen LogP contribution in [0.2, 0.25) is 0 Å². The van der Waals surface area contributed by atoms with Crippen LogP contribution in [0.3, 0.4) is 0 Å². The average Bonchev–Trinajstić information content (AvgIpc) is 2.20. The van der Waals surface area contributed by atoms with Gasteiger partial charge in [0.1, 0.15) is 0 Å². The van der Waals surface area contributed by atoms with E-state index < -0.39 is 0 Å². The van der Waals surface area contributed by atoms with Crippen molar-refractivity contribution in [3.8, 4) is 0 Å². The lowest BCUT2D eigenvalue weighted by molar-refractivity contribution is -0.120. The van der Waals surface area contributed by atoms with E-state index in [0.717, 1.165) is 19.0 Å². The summed E-state index contributed by atoms with van der Waals surface area (Å²) < 4.78 is 0. The van der Waals surface area contributed by atoms with Crippen molar-refractivity contribution in [3.05, 3.63) is 0 Å². The number of rotatable bonds is 5. The van der Waals surface area contributed by atoms with Gasteiger partial charge in [0.05, 0.1) is 6.54 Å². The van der Waals surface area contributed by atoms with E-state index in [4.69, 9.17) is 0 Å². The van der Waals surface area contributed by atoms with Crippen LogP contribution in [-0.4, -0.2) is 25.5 Å². The second-order valence-electron chi connectivity index (χ2n) is 4.09. The van der Waals surface area contributed by atoms with Crippen molar-refractivity contribution in [2.24, 2.45) is 5.92 Å². The normalized spacial score (nSPS) is 18.1. The molecule has 1 fully saturated rings. The average molecular weight is 198 g/mol. The number of carbonyl (C=O) groups is 1. The Balaban J connectivity index is 1.99. The third kappa shape index (κ3) is 4.61. The highest BCUT2D eigenvalue weighted by Crippen LogP contribution is 2.22. The van der Waals surface area contributed by atoms with Crippen molar-refractivity contribution in [1.82, 2.24) is 10.6 Å². The molecular weight excluding hydrogens is 176 g/mol. The van der Waals surface area contributed by atoms with E-state index in [0.29, 0.717) is 6.54 Å². The first-order valence-corrected chi connectivity index (χ1v) is 5.80. The molecule has 0 aromatic carbocycles. The standard InChI is InChI=1S/C11H22N2O/c1-2-13-11(14)9-12-8-10-6-4-3-5-7-10/h10,12H,2-9H2,1H3,(H,13,14). The van der Waals surface area contributed by atoms with Gasteiger partial charge in [0.2, 0.25) is 5.91 Å². The van der Waals surface area contributed by atoms with Crippen molar-refractivity contribution in [3.63, 3.8) is 0 Å². The minimum absolute atomic E-state index is 0.114. The molecule has 0 aromatic heterocycles. The minimum atomic E-state index is 0.114. The van der Waals surface area contributed by atoms with Gasteiger partial charge in [-0.1, -0.05) is 19.3 Å². The number of carbonyl (C=O) groups excluding carboxylic acids is 1. The van der Waals surface area contributed by atoms with Crippen LogP contribution >= 0.6 is 0 Å². The summed E-state index contributed by atoms with van der Waals surface area (Å²) in [5.41, 5.74) is 0. The minimum Gasteiger partial charge on any atom is -0.355 e. The molecule has 1 saturated carbocycles. The Morgan fingerprint density at radius 1 is 1.29 bits per heavy atom. The van der Waals surface area contributed by atoms with E-state index >= 15 is 0 Å². The summed E-state index contributed by atoms with van der Waals surface area (Å²) >= 11 is 0. The molecule has 0 bridgehead atoms. The lowest BCUT2D eigenvalue weighted by Gasteiger charge is -2.21. The van der Waals surface area contributed by atoms with E-state index in [2.05, 4.69) is 10.6 Å². The van der Waals surface area contributed by atoms with Crippen molar-refractivity contribution >= 4 is 5.91 Å². The zero-order chi connectivity index (χ0) is 10.2. The molecule has 1 aliphatic rings. The van der Waals surface area contributed by atoms with Crippen LogP contribution < -0.4 is 10.6 Å². The molecule has 2 N–H and O–H groups in total. The van der Waals surface area contributed by atoms with Gasteiger partial charge >= 0.3 is 0 Å². The lowest BCUT2D eigenvalue weighted by atomic mass is 9.89. The van der Waals surface area contributed by atoms with Gasteiger partial charge in [0.15, 0.2) is 0 Å². The molecule has 1 aliphatic carbocycles. The number of hydrogen-bond donors (Lipinski definition) is 2. The summed E-state index contributed by atoms with van der Waals surface area (Å²) in [6.45, 7) is 4.16. The fourth-order valence-electron chi connectivity index (χ4n) is 2.04. The van der Waals surface area contributed by atoms with Crippen LogP contribution in [0.5, 0.6) is 0 Å². The third-order valence-corrected chi connectivity index (χ3v) is 2.82. The molecule has 0 radical (unpaired) electrons. The first-order chi connectivity index (χ1) is 6.83. The van der Waals surface area contributed by atoms with Gasteiger partial charge < -0.3 is 10.6 Å². The largest absolute Gasteiger partial charge is 0.355 e. The Morgan fingerprint density at radius 2 is 2.00 bits per heavy atom. The predicted molar refractivity (Wildman–Crippen MR) is 58.1 cm³/mol. The molecule has 1 rings (SSSR count). The molecule has 0 unspecified atom stereocenters. The van der Waals surface area contributed by atoms with Crippen LogP contribution in [0, 0.1) is 5.92 Å². The Morgan fingerprint density at radius 3 is 2.64 bits per heavy atom. The van der Waals surface area contributed by atoms with Crippen molar-refractivity contribution in [2.75, 3.05) is 19.6 Å². The Labute approximate surface area is 86.6 Å². The molecule has 0 atom stereocenters. The first-order valence-electron chi connectivity index (χ1n) is 5.80. The summed E-state index contributed by atoms with van der Waals surface area (Å²) in [5, 5.41) is 6.01. The first kappa shape index (κ1) is 11.5. The summed E-state index contributed by atoms with van der Waals surface area (Å²) in [6, 6.07) is 0. The molecule has 0 aliphatic heterocycles. The Kier molecular flexibility index (Phi) is 5.60. The van der Waals surface area contributed by atoms with Gasteiger partial charge in [-0.2, -0.15) is 0 Å². The molecule has 3 heteroatoms. The quantitative estimate of drug-likeness (QED) is 0.699. The SMILES string of the molecule is CCNC(=O)CNCC1CCCCC1. The van der Waals surface area contributed by atoms with E-state index in [-0.39, 0.29) is 5.91 Å². The number of hydrogen-bond acceptors (Lipinski definition) is 2. The molecule has 0 saturated heterocycles. The summed E-state index contributed by atoms with van der Waals surface area (Å²) in [5.74, 6) is 0.918. The lowest BCUT2D eigenvalue weighted by Crippen LogP contribution is -2.36. The molecule has 82 valence electrons. The summed E-state index contributed by atoms with van der Waals surface area (Å²) in [4.78, 5) is 11.1. The summed E-state index contributed by atoms with van der Waals surface area (Å²) in [6.07, 6.45) is 6.80. The molecule has 14 heavy (non-hydrogen) atoms. The molecule has 0 aromatic rings. The fraction of sp³-hybridized carbons (Fsp3) is 0.909. The second-order valence-corrected chi connectivity index (χ2v) is 4.09. The maximum Gasteiger partial charge on any atom is 0.233 e. The Hall–Kier alpha value is -0.570. The monoisotopic (exact) mass is 198 g/mol.